The van der Waals surface area contributed by atoms with Crippen LogP contribution in [0.25, 0.3) is 0 Å². The van der Waals surface area contributed by atoms with Crippen molar-refractivity contribution in [3.8, 4) is 0 Å². The molecule has 1 amide bonds. The van der Waals surface area contributed by atoms with Crippen molar-refractivity contribution in [2.75, 3.05) is 13.1 Å². The molecular weight excluding hydrogens is 222 g/mol. The van der Waals surface area contributed by atoms with Crippen molar-refractivity contribution < 1.29 is 14.7 Å². The van der Waals surface area contributed by atoms with Crippen molar-refractivity contribution in [2.45, 2.75) is 45.2 Å². The van der Waals surface area contributed by atoms with Gasteiger partial charge in [0.1, 0.15) is 6.04 Å². The summed E-state index contributed by atoms with van der Waals surface area (Å²) < 4.78 is 0. The smallest absolute Gasteiger partial charge is 0.325 e. The average molecular weight is 245 g/mol. The lowest BCUT2D eigenvalue weighted by atomic mass is 10.1. The zero-order valence-corrected chi connectivity index (χ0v) is 10.5. The lowest BCUT2D eigenvalue weighted by Crippen LogP contribution is -2.49. The maximum Gasteiger partial charge on any atom is 0.325 e. The van der Waals surface area contributed by atoms with Gasteiger partial charge in [0.05, 0.1) is 6.04 Å². The van der Waals surface area contributed by atoms with E-state index in [0.717, 1.165) is 12.8 Å². The van der Waals surface area contributed by atoms with Crippen LogP contribution in [0.2, 0.25) is 0 Å². The van der Waals surface area contributed by atoms with Gasteiger partial charge in [-0.05, 0) is 32.9 Å². The Bertz CT molecular complexity index is 246. The SMILES string of the molecule is CCN[C@@H](CCCCN)C(=O)N[C@@H](C)C(=O)O. The predicted octanol–water partition coefficient (Wildman–Crippen LogP) is -0.317. The van der Waals surface area contributed by atoms with Crippen LogP contribution in [-0.4, -0.2) is 42.2 Å². The molecule has 0 heterocycles. The third-order valence-electron chi connectivity index (χ3n) is 2.44. The van der Waals surface area contributed by atoms with Gasteiger partial charge < -0.3 is 21.5 Å². The monoisotopic (exact) mass is 245 g/mol. The number of rotatable bonds is 9. The zero-order chi connectivity index (χ0) is 13.3. The Morgan fingerprint density at radius 2 is 2.00 bits per heavy atom. The first-order valence-electron chi connectivity index (χ1n) is 5.99. The highest BCUT2D eigenvalue weighted by molar-refractivity contribution is 5.86. The Hall–Kier alpha value is -1.14. The van der Waals surface area contributed by atoms with E-state index in [9.17, 15) is 9.59 Å². The maximum absolute atomic E-state index is 11.8. The fraction of sp³-hybridized carbons (Fsp3) is 0.818. The summed E-state index contributed by atoms with van der Waals surface area (Å²) in [5.74, 6) is -1.30. The van der Waals surface area contributed by atoms with Gasteiger partial charge in [0.2, 0.25) is 5.91 Å². The van der Waals surface area contributed by atoms with Crippen LogP contribution in [0, 0.1) is 0 Å². The van der Waals surface area contributed by atoms with E-state index >= 15 is 0 Å². The van der Waals surface area contributed by atoms with Crippen molar-refractivity contribution in [3.05, 3.63) is 0 Å². The van der Waals surface area contributed by atoms with E-state index in [-0.39, 0.29) is 11.9 Å². The van der Waals surface area contributed by atoms with Crippen LogP contribution in [0.3, 0.4) is 0 Å². The average Bonchev–Trinajstić information content (AvgIpc) is 2.27. The van der Waals surface area contributed by atoms with Crippen LogP contribution in [0.5, 0.6) is 0 Å². The molecule has 0 bridgehead atoms. The molecule has 0 aliphatic carbocycles. The highest BCUT2D eigenvalue weighted by Gasteiger charge is 2.21. The number of nitrogens with two attached hydrogens (primary N) is 1. The van der Waals surface area contributed by atoms with Crippen LogP contribution in [0.4, 0.5) is 0 Å². The molecule has 0 radical (unpaired) electrons. The second-order valence-electron chi connectivity index (χ2n) is 3.96. The van der Waals surface area contributed by atoms with Crippen molar-refractivity contribution in [3.63, 3.8) is 0 Å². The summed E-state index contributed by atoms with van der Waals surface area (Å²) >= 11 is 0. The number of hydrogen-bond donors (Lipinski definition) is 4. The van der Waals surface area contributed by atoms with E-state index in [1.54, 1.807) is 0 Å². The van der Waals surface area contributed by atoms with Crippen LogP contribution in [0.1, 0.15) is 33.1 Å². The highest BCUT2D eigenvalue weighted by atomic mass is 16.4. The van der Waals surface area contributed by atoms with Gasteiger partial charge in [0, 0.05) is 0 Å². The zero-order valence-electron chi connectivity index (χ0n) is 10.5. The number of aliphatic carboxylic acids is 1. The van der Waals surface area contributed by atoms with Gasteiger partial charge in [-0.1, -0.05) is 13.3 Å². The Balaban J connectivity index is 4.18. The van der Waals surface area contributed by atoms with Gasteiger partial charge in [-0.3, -0.25) is 9.59 Å². The summed E-state index contributed by atoms with van der Waals surface area (Å²) in [6, 6.07) is -1.20. The minimum atomic E-state index is -1.03. The summed E-state index contributed by atoms with van der Waals surface area (Å²) in [4.78, 5) is 22.4. The molecule has 17 heavy (non-hydrogen) atoms. The van der Waals surface area contributed by atoms with Gasteiger partial charge >= 0.3 is 5.97 Å². The van der Waals surface area contributed by atoms with Gasteiger partial charge in [-0.25, -0.2) is 0 Å². The van der Waals surface area contributed by atoms with Crippen LogP contribution in [0.15, 0.2) is 0 Å². The first kappa shape index (κ1) is 15.9. The first-order valence-corrected chi connectivity index (χ1v) is 5.99. The summed E-state index contributed by atoms with van der Waals surface area (Å²) in [5.41, 5.74) is 5.39. The number of carbonyl (C=O) groups excluding carboxylic acids is 1. The molecule has 0 unspecified atom stereocenters. The first-order chi connectivity index (χ1) is 8.02. The second kappa shape index (κ2) is 8.95. The number of carboxylic acids is 1. The molecule has 0 aliphatic rings. The summed E-state index contributed by atoms with van der Waals surface area (Å²) in [7, 11) is 0. The van der Waals surface area contributed by atoms with Crippen LogP contribution in [-0.2, 0) is 9.59 Å². The van der Waals surface area contributed by atoms with Crippen molar-refractivity contribution in [2.24, 2.45) is 5.73 Å². The lowest BCUT2D eigenvalue weighted by molar-refractivity contribution is -0.141. The number of carbonyl (C=O) groups is 2. The molecule has 100 valence electrons. The van der Waals surface area contributed by atoms with E-state index in [1.807, 2.05) is 6.92 Å². The molecule has 0 saturated heterocycles. The molecular formula is C11H23N3O3. The molecule has 0 aromatic heterocycles. The van der Waals surface area contributed by atoms with Gasteiger partial charge in [0.25, 0.3) is 0 Å². The number of likely N-dealkylation sites (N-methyl/N-ethyl adjacent to an activating group) is 1. The summed E-state index contributed by atoms with van der Waals surface area (Å²) in [5, 5.41) is 14.2. The molecule has 6 heteroatoms. The fourth-order valence-corrected chi connectivity index (χ4v) is 1.44. The normalized spacial score (nSPS) is 14.1. The predicted molar refractivity (Wildman–Crippen MR) is 65.6 cm³/mol. The quantitative estimate of drug-likeness (QED) is 0.417. The van der Waals surface area contributed by atoms with E-state index in [1.165, 1.54) is 6.92 Å². The number of nitrogens with one attached hydrogen (secondary N) is 2. The van der Waals surface area contributed by atoms with E-state index in [2.05, 4.69) is 10.6 Å². The largest absolute Gasteiger partial charge is 0.480 e. The molecule has 5 N–H and O–H groups in total. The summed E-state index contributed by atoms with van der Waals surface area (Å²) in [6.07, 6.45) is 2.38. The van der Waals surface area contributed by atoms with Gasteiger partial charge in [-0.2, -0.15) is 0 Å². The topological polar surface area (TPSA) is 104 Å². The molecule has 0 aromatic rings. The van der Waals surface area contributed by atoms with Gasteiger partial charge in [0.15, 0.2) is 0 Å². The fourth-order valence-electron chi connectivity index (χ4n) is 1.44. The Labute approximate surface area is 102 Å². The molecule has 0 rings (SSSR count). The molecule has 0 fully saturated rings. The van der Waals surface area contributed by atoms with E-state index < -0.39 is 12.0 Å². The highest BCUT2D eigenvalue weighted by Crippen LogP contribution is 2.01. The number of carboxylic acid groups (broad SMARTS) is 1. The molecule has 0 saturated carbocycles. The minimum absolute atomic E-state index is 0.265. The van der Waals surface area contributed by atoms with E-state index in [4.69, 9.17) is 10.8 Å². The maximum atomic E-state index is 11.8. The molecule has 6 nitrogen and oxygen atoms in total. The molecule has 0 spiro atoms. The number of unbranched alkanes of at least 4 members (excludes halogenated alkanes) is 1. The Kier molecular flexibility index (Phi) is 8.35. The van der Waals surface area contributed by atoms with Crippen molar-refractivity contribution in [1.82, 2.24) is 10.6 Å². The number of hydrogen-bond acceptors (Lipinski definition) is 4. The Morgan fingerprint density at radius 1 is 1.35 bits per heavy atom. The molecule has 2 atom stereocenters. The van der Waals surface area contributed by atoms with E-state index in [0.29, 0.717) is 19.5 Å². The standard InChI is InChI=1S/C11H23N3O3/c1-3-13-9(6-4-5-7-12)10(15)14-8(2)11(16)17/h8-9,13H,3-7,12H2,1-2H3,(H,14,15)(H,16,17)/t8-,9-/m0/s1. The van der Waals surface area contributed by atoms with Crippen molar-refractivity contribution in [1.29, 1.82) is 0 Å². The van der Waals surface area contributed by atoms with Gasteiger partial charge in [-0.15, -0.1) is 0 Å². The molecule has 0 aliphatic heterocycles. The Morgan fingerprint density at radius 3 is 2.47 bits per heavy atom. The number of amides is 1. The second-order valence-corrected chi connectivity index (χ2v) is 3.96. The van der Waals surface area contributed by atoms with Crippen LogP contribution < -0.4 is 16.4 Å². The lowest BCUT2D eigenvalue weighted by Gasteiger charge is -2.19. The third kappa shape index (κ3) is 6.91. The third-order valence-corrected chi connectivity index (χ3v) is 2.44. The minimum Gasteiger partial charge on any atom is -0.480 e. The van der Waals surface area contributed by atoms with Crippen molar-refractivity contribution >= 4 is 11.9 Å². The summed E-state index contributed by atoms with van der Waals surface area (Å²) in [6.45, 7) is 4.63. The molecule has 0 aromatic carbocycles. The van der Waals surface area contributed by atoms with Crippen LogP contribution >= 0.6 is 0 Å².